The number of hydrogen-bond donors (Lipinski definition) is 1. The Morgan fingerprint density at radius 2 is 2.14 bits per heavy atom. The lowest BCUT2D eigenvalue weighted by Gasteiger charge is -2.12. The van der Waals surface area contributed by atoms with E-state index in [1.807, 2.05) is 13.8 Å². The molecule has 1 aromatic carbocycles. The van der Waals surface area contributed by atoms with E-state index < -0.39 is 0 Å². The summed E-state index contributed by atoms with van der Waals surface area (Å²) in [5.41, 5.74) is 8.20. The quantitative estimate of drug-likeness (QED) is 0.796. The molecule has 0 radical (unpaired) electrons. The maximum atomic E-state index is 5.77. The molecule has 1 aromatic rings. The van der Waals surface area contributed by atoms with Crippen LogP contribution in [-0.4, -0.2) is 12.6 Å². The van der Waals surface area contributed by atoms with Crippen LogP contribution in [0.3, 0.4) is 0 Å². The van der Waals surface area contributed by atoms with Gasteiger partial charge in [0.25, 0.3) is 0 Å². The molecule has 0 saturated carbocycles. The Balaban J connectivity index is 2.89. The second kappa shape index (κ2) is 5.01. The second-order valence-corrected chi connectivity index (χ2v) is 3.73. The molecule has 0 amide bonds. The minimum absolute atomic E-state index is 0.178. The average Bonchev–Trinajstić information content (AvgIpc) is 2.09. The average molecular weight is 193 g/mol. The fourth-order valence-corrected chi connectivity index (χ4v) is 1.47. The molecule has 0 fully saturated rings. The lowest BCUT2D eigenvalue weighted by atomic mass is 10.0. The molecule has 2 nitrogen and oxygen atoms in total. The predicted octanol–water partition coefficient (Wildman–Crippen LogP) is 2.28. The first kappa shape index (κ1) is 11.1. The second-order valence-electron chi connectivity index (χ2n) is 3.73. The van der Waals surface area contributed by atoms with Crippen molar-refractivity contribution < 1.29 is 4.74 Å². The van der Waals surface area contributed by atoms with E-state index in [9.17, 15) is 0 Å². The van der Waals surface area contributed by atoms with Crippen LogP contribution < -0.4 is 10.5 Å². The zero-order valence-corrected chi connectivity index (χ0v) is 9.21. The smallest absolute Gasteiger partial charge is 0.122 e. The zero-order chi connectivity index (χ0) is 10.6. The highest BCUT2D eigenvalue weighted by Crippen LogP contribution is 2.21. The molecule has 14 heavy (non-hydrogen) atoms. The van der Waals surface area contributed by atoms with Gasteiger partial charge in [-0.25, -0.2) is 0 Å². The largest absolute Gasteiger partial charge is 0.494 e. The summed E-state index contributed by atoms with van der Waals surface area (Å²) in [6.07, 6.45) is 0.871. The Labute approximate surface area is 86.1 Å². The van der Waals surface area contributed by atoms with Gasteiger partial charge in [-0.1, -0.05) is 12.1 Å². The van der Waals surface area contributed by atoms with Gasteiger partial charge in [0.15, 0.2) is 0 Å². The van der Waals surface area contributed by atoms with Gasteiger partial charge in [-0.2, -0.15) is 0 Å². The van der Waals surface area contributed by atoms with E-state index in [0.717, 1.165) is 12.2 Å². The van der Waals surface area contributed by atoms with Crippen molar-refractivity contribution in [2.24, 2.45) is 5.73 Å². The normalized spacial score (nSPS) is 12.6. The molecular formula is C12H19NO. The van der Waals surface area contributed by atoms with Gasteiger partial charge < -0.3 is 10.5 Å². The number of ether oxygens (including phenoxy) is 1. The van der Waals surface area contributed by atoms with Crippen molar-refractivity contribution in [3.8, 4) is 5.75 Å². The first-order chi connectivity index (χ1) is 6.63. The van der Waals surface area contributed by atoms with E-state index in [-0.39, 0.29) is 6.04 Å². The van der Waals surface area contributed by atoms with Gasteiger partial charge in [0.05, 0.1) is 6.61 Å². The van der Waals surface area contributed by atoms with Gasteiger partial charge in [-0.3, -0.25) is 0 Å². The van der Waals surface area contributed by atoms with Crippen LogP contribution in [0.5, 0.6) is 5.75 Å². The van der Waals surface area contributed by atoms with Gasteiger partial charge in [0, 0.05) is 6.04 Å². The Morgan fingerprint density at radius 3 is 2.71 bits per heavy atom. The number of nitrogens with two attached hydrogens (primary N) is 1. The maximum absolute atomic E-state index is 5.77. The zero-order valence-electron chi connectivity index (χ0n) is 9.21. The molecule has 2 heteroatoms. The van der Waals surface area contributed by atoms with Crippen molar-refractivity contribution in [1.82, 2.24) is 0 Å². The van der Waals surface area contributed by atoms with Crippen LogP contribution in [0.25, 0.3) is 0 Å². The lowest BCUT2D eigenvalue weighted by Crippen LogP contribution is -2.18. The monoisotopic (exact) mass is 193 g/mol. The van der Waals surface area contributed by atoms with Crippen LogP contribution in [0.1, 0.15) is 25.0 Å². The molecule has 78 valence electrons. The molecule has 0 aliphatic rings. The SMILES string of the molecule is CCOc1cc(C)ccc1CC(C)N. The molecule has 0 aromatic heterocycles. The van der Waals surface area contributed by atoms with Crippen molar-refractivity contribution in [3.05, 3.63) is 29.3 Å². The molecule has 0 saturated heterocycles. The van der Waals surface area contributed by atoms with Crippen molar-refractivity contribution >= 4 is 0 Å². The molecule has 0 aliphatic carbocycles. The van der Waals surface area contributed by atoms with Gasteiger partial charge in [-0.15, -0.1) is 0 Å². The molecule has 1 atom stereocenters. The number of hydrogen-bond acceptors (Lipinski definition) is 2. The molecule has 2 N–H and O–H groups in total. The Kier molecular flexibility index (Phi) is 3.96. The Hall–Kier alpha value is -1.02. The van der Waals surface area contributed by atoms with E-state index in [1.165, 1.54) is 11.1 Å². The fraction of sp³-hybridized carbons (Fsp3) is 0.500. The van der Waals surface area contributed by atoms with Crippen LogP contribution in [-0.2, 0) is 6.42 Å². The minimum atomic E-state index is 0.178. The van der Waals surface area contributed by atoms with Crippen molar-refractivity contribution in [1.29, 1.82) is 0 Å². The van der Waals surface area contributed by atoms with Crippen molar-refractivity contribution in [2.75, 3.05) is 6.61 Å². The number of aryl methyl sites for hydroxylation is 1. The summed E-state index contributed by atoms with van der Waals surface area (Å²) in [5.74, 6) is 0.977. The van der Waals surface area contributed by atoms with E-state index in [2.05, 4.69) is 25.1 Å². The van der Waals surface area contributed by atoms with Gasteiger partial charge in [0.1, 0.15) is 5.75 Å². The summed E-state index contributed by atoms with van der Waals surface area (Å²) in [6, 6.07) is 6.45. The molecular weight excluding hydrogens is 174 g/mol. The summed E-state index contributed by atoms with van der Waals surface area (Å²) in [6.45, 7) is 6.78. The highest BCUT2D eigenvalue weighted by atomic mass is 16.5. The van der Waals surface area contributed by atoms with E-state index in [0.29, 0.717) is 6.61 Å². The van der Waals surface area contributed by atoms with E-state index in [1.54, 1.807) is 0 Å². The Bertz CT molecular complexity index is 294. The standard InChI is InChI=1S/C12H19NO/c1-4-14-12-7-9(2)5-6-11(12)8-10(3)13/h5-7,10H,4,8,13H2,1-3H3. The van der Waals surface area contributed by atoms with Crippen molar-refractivity contribution in [2.45, 2.75) is 33.2 Å². The molecule has 0 aliphatic heterocycles. The van der Waals surface area contributed by atoms with Crippen LogP contribution in [0.4, 0.5) is 0 Å². The predicted molar refractivity (Wildman–Crippen MR) is 59.7 cm³/mol. The first-order valence-electron chi connectivity index (χ1n) is 5.11. The third-order valence-corrected chi connectivity index (χ3v) is 2.06. The topological polar surface area (TPSA) is 35.2 Å². The highest BCUT2D eigenvalue weighted by molar-refractivity contribution is 5.37. The molecule has 1 rings (SSSR count). The van der Waals surface area contributed by atoms with Crippen LogP contribution in [0, 0.1) is 6.92 Å². The fourth-order valence-electron chi connectivity index (χ4n) is 1.47. The summed E-state index contributed by atoms with van der Waals surface area (Å²) in [5, 5.41) is 0. The summed E-state index contributed by atoms with van der Waals surface area (Å²) in [7, 11) is 0. The third kappa shape index (κ3) is 3.04. The third-order valence-electron chi connectivity index (χ3n) is 2.06. The maximum Gasteiger partial charge on any atom is 0.122 e. The highest BCUT2D eigenvalue weighted by Gasteiger charge is 2.05. The van der Waals surface area contributed by atoms with Gasteiger partial charge >= 0.3 is 0 Å². The first-order valence-corrected chi connectivity index (χ1v) is 5.11. The van der Waals surface area contributed by atoms with Crippen LogP contribution >= 0.6 is 0 Å². The van der Waals surface area contributed by atoms with Gasteiger partial charge in [0.2, 0.25) is 0 Å². The Morgan fingerprint density at radius 1 is 1.43 bits per heavy atom. The number of rotatable bonds is 4. The molecule has 1 unspecified atom stereocenters. The molecule has 0 bridgehead atoms. The molecule has 0 spiro atoms. The number of benzene rings is 1. The van der Waals surface area contributed by atoms with Gasteiger partial charge in [-0.05, 0) is 44.4 Å². The van der Waals surface area contributed by atoms with Crippen LogP contribution in [0.2, 0.25) is 0 Å². The van der Waals surface area contributed by atoms with Crippen LogP contribution in [0.15, 0.2) is 18.2 Å². The lowest BCUT2D eigenvalue weighted by molar-refractivity contribution is 0.335. The summed E-state index contributed by atoms with van der Waals surface area (Å²) in [4.78, 5) is 0. The van der Waals surface area contributed by atoms with Crippen molar-refractivity contribution in [3.63, 3.8) is 0 Å². The molecule has 0 heterocycles. The van der Waals surface area contributed by atoms with E-state index >= 15 is 0 Å². The summed E-state index contributed by atoms with van der Waals surface area (Å²) >= 11 is 0. The van der Waals surface area contributed by atoms with E-state index in [4.69, 9.17) is 10.5 Å². The summed E-state index contributed by atoms with van der Waals surface area (Å²) < 4.78 is 5.56. The minimum Gasteiger partial charge on any atom is -0.494 e.